The summed E-state index contributed by atoms with van der Waals surface area (Å²) in [5.74, 6) is 0.840. The molecule has 6 heteroatoms. The predicted octanol–water partition coefficient (Wildman–Crippen LogP) is 1.84. The molecule has 2 saturated heterocycles. The first kappa shape index (κ1) is 19.7. The fourth-order valence-electron chi connectivity index (χ4n) is 3.06. The van der Waals surface area contributed by atoms with E-state index in [1.165, 1.54) is 0 Å². The molecule has 2 heterocycles. The molecule has 0 saturated carbocycles. The summed E-state index contributed by atoms with van der Waals surface area (Å²) >= 11 is 0. The molecule has 2 aliphatic heterocycles. The van der Waals surface area contributed by atoms with Crippen LogP contribution in [0.3, 0.4) is 0 Å². The molecule has 1 N–H and O–H groups in total. The van der Waals surface area contributed by atoms with Gasteiger partial charge < -0.3 is 19.7 Å². The Balaban J connectivity index is 0.00000242. The average molecular weight is 335 g/mol. The van der Waals surface area contributed by atoms with E-state index in [2.05, 4.69) is 12.2 Å². The van der Waals surface area contributed by atoms with Crippen LogP contribution < -0.4 is 5.32 Å². The van der Waals surface area contributed by atoms with Crippen LogP contribution in [-0.2, 0) is 14.3 Å². The van der Waals surface area contributed by atoms with Crippen molar-refractivity contribution >= 4 is 18.3 Å². The number of carbonyl (C=O) groups excluding carboxylic acids is 1. The third kappa shape index (κ3) is 6.03. The maximum atomic E-state index is 12.4. The van der Waals surface area contributed by atoms with E-state index >= 15 is 0 Å². The number of ether oxygens (including phenoxy) is 2. The van der Waals surface area contributed by atoms with Gasteiger partial charge in [-0.05, 0) is 51.6 Å². The maximum absolute atomic E-state index is 12.4. The predicted molar refractivity (Wildman–Crippen MR) is 89.5 cm³/mol. The van der Waals surface area contributed by atoms with Gasteiger partial charge in [-0.2, -0.15) is 0 Å². The lowest BCUT2D eigenvalue weighted by Gasteiger charge is -2.33. The molecule has 0 aromatic carbocycles. The second-order valence-electron chi connectivity index (χ2n) is 6.19. The van der Waals surface area contributed by atoms with Crippen molar-refractivity contribution in [1.29, 1.82) is 0 Å². The fourth-order valence-corrected chi connectivity index (χ4v) is 3.06. The molecule has 22 heavy (non-hydrogen) atoms. The van der Waals surface area contributed by atoms with E-state index in [0.29, 0.717) is 12.5 Å². The number of amides is 1. The molecule has 0 aromatic rings. The van der Waals surface area contributed by atoms with Crippen molar-refractivity contribution in [1.82, 2.24) is 10.2 Å². The first-order chi connectivity index (χ1) is 10.2. The van der Waals surface area contributed by atoms with Crippen molar-refractivity contribution in [2.45, 2.75) is 51.7 Å². The largest absolute Gasteiger partial charge is 0.376 e. The van der Waals surface area contributed by atoms with Crippen LogP contribution in [0.15, 0.2) is 0 Å². The number of hydrogen-bond donors (Lipinski definition) is 1. The minimum Gasteiger partial charge on any atom is -0.376 e. The number of rotatable bonds is 7. The number of nitrogens with zero attached hydrogens (tertiary/aromatic N) is 1. The Labute approximate surface area is 140 Å². The molecule has 130 valence electrons. The Morgan fingerprint density at radius 3 is 2.68 bits per heavy atom. The van der Waals surface area contributed by atoms with Gasteiger partial charge in [0.25, 0.3) is 5.91 Å². The zero-order valence-electron chi connectivity index (χ0n) is 13.9. The Kier molecular flexibility index (Phi) is 9.33. The first-order valence-electron chi connectivity index (χ1n) is 8.43. The average Bonchev–Trinajstić information content (AvgIpc) is 3.04. The Morgan fingerprint density at radius 2 is 2.09 bits per heavy atom. The molecule has 1 amide bonds. The van der Waals surface area contributed by atoms with Crippen LogP contribution in [0, 0.1) is 5.92 Å². The number of nitrogens with one attached hydrogen (secondary N) is 1. The quantitative estimate of drug-likeness (QED) is 0.772. The summed E-state index contributed by atoms with van der Waals surface area (Å²) in [6.45, 7) is 9.19. The SMILES string of the molecule is CCNCC1CCN(C(=O)C(C)OCC2CCCO2)CC1.Cl. The number of likely N-dealkylation sites (tertiary alicyclic amines) is 1. The summed E-state index contributed by atoms with van der Waals surface area (Å²) in [7, 11) is 0. The second kappa shape index (κ2) is 10.4. The van der Waals surface area contributed by atoms with Gasteiger partial charge in [0.1, 0.15) is 6.10 Å². The number of halogens is 1. The zero-order valence-corrected chi connectivity index (χ0v) is 14.7. The van der Waals surface area contributed by atoms with Gasteiger partial charge in [-0.1, -0.05) is 6.92 Å². The van der Waals surface area contributed by atoms with Crippen LogP contribution in [0.5, 0.6) is 0 Å². The van der Waals surface area contributed by atoms with Crippen LogP contribution in [0.25, 0.3) is 0 Å². The smallest absolute Gasteiger partial charge is 0.251 e. The van der Waals surface area contributed by atoms with Gasteiger partial charge in [0.05, 0.1) is 12.7 Å². The van der Waals surface area contributed by atoms with Gasteiger partial charge in [-0.25, -0.2) is 0 Å². The minimum atomic E-state index is -0.348. The van der Waals surface area contributed by atoms with Crippen molar-refractivity contribution in [2.75, 3.05) is 39.4 Å². The maximum Gasteiger partial charge on any atom is 0.251 e. The van der Waals surface area contributed by atoms with Crippen LogP contribution >= 0.6 is 12.4 Å². The van der Waals surface area contributed by atoms with Crippen LogP contribution in [0.1, 0.15) is 39.5 Å². The monoisotopic (exact) mass is 334 g/mol. The molecule has 5 nitrogen and oxygen atoms in total. The van der Waals surface area contributed by atoms with Gasteiger partial charge >= 0.3 is 0 Å². The lowest BCUT2D eigenvalue weighted by Crippen LogP contribution is -2.45. The first-order valence-corrected chi connectivity index (χ1v) is 8.43. The highest BCUT2D eigenvalue weighted by atomic mass is 35.5. The van der Waals surface area contributed by atoms with Gasteiger partial charge in [-0.15, -0.1) is 12.4 Å². The Bertz CT molecular complexity index is 317. The van der Waals surface area contributed by atoms with E-state index in [9.17, 15) is 4.79 Å². The van der Waals surface area contributed by atoms with Crippen molar-refractivity contribution in [2.24, 2.45) is 5.92 Å². The van der Waals surface area contributed by atoms with Gasteiger partial charge in [0.15, 0.2) is 0 Å². The normalized spacial score (nSPS) is 24.1. The highest BCUT2D eigenvalue weighted by Gasteiger charge is 2.27. The molecular weight excluding hydrogens is 304 g/mol. The molecule has 0 radical (unpaired) electrons. The molecule has 2 unspecified atom stereocenters. The molecule has 0 bridgehead atoms. The van der Waals surface area contributed by atoms with Crippen molar-refractivity contribution < 1.29 is 14.3 Å². The number of piperidine rings is 1. The van der Waals surface area contributed by atoms with Crippen LogP contribution in [0.4, 0.5) is 0 Å². The van der Waals surface area contributed by atoms with Crippen LogP contribution in [0.2, 0.25) is 0 Å². The summed E-state index contributed by atoms with van der Waals surface area (Å²) in [4.78, 5) is 14.3. The fraction of sp³-hybridized carbons (Fsp3) is 0.938. The van der Waals surface area contributed by atoms with Gasteiger partial charge in [0, 0.05) is 19.7 Å². The summed E-state index contributed by atoms with van der Waals surface area (Å²) in [6, 6.07) is 0. The molecular formula is C16H31ClN2O3. The van der Waals surface area contributed by atoms with E-state index in [-0.39, 0.29) is 30.5 Å². The van der Waals surface area contributed by atoms with Crippen molar-refractivity contribution in [3.05, 3.63) is 0 Å². The summed E-state index contributed by atoms with van der Waals surface area (Å²) in [5, 5.41) is 3.39. The molecule has 0 spiro atoms. The van der Waals surface area contributed by atoms with Gasteiger partial charge in [0.2, 0.25) is 0 Å². The molecule has 2 aliphatic rings. The van der Waals surface area contributed by atoms with E-state index in [4.69, 9.17) is 9.47 Å². The molecule has 0 aliphatic carbocycles. The highest BCUT2D eigenvalue weighted by Crippen LogP contribution is 2.18. The lowest BCUT2D eigenvalue weighted by atomic mass is 9.96. The molecule has 2 fully saturated rings. The van der Waals surface area contributed by atoms with Gasteiger partial charge in [-0.3, -0.25) is 4.79 Å². The molecule has 0 aromatic heterocycles. The van der Waals surface area contributed by atoms with Crippen molar-refractivity contribution in [3.63, 3.8) is 0 Å². The van der Waals surface area contributed by atoms with E-state index in [0.717, 1.165) is 58.5 Å². The third-order valence-electron chi connectivity index (χ3n) is 4.51. The Morgan fingerprint density at radius 1 is 1.36 bits per heavy atom. The number of hydrogen-bond acceptors (Lipinski definition) is 4. The highest BCUT2D eigenvalue weighted by molar-refractivity contribution is 5.85. The number of carbonyl (C=O) groups is 1. The lowest BCUT2D eigenvalue weighted by molar-refractivity contribution is -0.146. The topological polar surface area (TPSA) is 50.8 Å². The minimum absolute atomic E-state index is 0. The Hall–Kier alpha value is -0.360. The van der Waals surface area contributed by atoms with Crippen molar-refractivity contribution in [3.8, 4) is 0 Å². The molecule has 2 rings (SSSR count). The molecule has 2 atom stereocenters. The second-order valence-corrected chi connectivity index (χ2v) is 6.19. The summed E-state index contributed by atoms with van der Waals surface area (Å²) in [5.41, 5.74) is 0. The van der Waals surface area contributed by atoms with E-state index in [1.807, 2.05) is 11.8 Å². The summed E-state index contributed by atoms with van der Waals surface area (Å²) < 4.78 is 11.2. The summed E-state index contributed by atoms with van der Waals surface area (Å²) in [6.07, 6.45) is 4.19. The van der Waals surface area contributed by atoms with E-state index in [1.54, 1.807) is 0 Å². The zero-order chi connectivity index (χ0) is 15.1. The van der Waals surface area contributed by atoms with E-state index < -0.39 is 0 Å². The standard InChI is InChI=1S/C16H30N2O3.ClH/c1-3-17-11-14-6-8-18(9-7-14)16(19)13(2)21-12-15-5-4-10-20-15;/h13-15,17H,3-12H2,1-2H3;1H. The van der Waals surface area contributed by atoms with Crippen LogP contribution in [-0.4, -0.2) is 62.4 Å². The third-order valence-corrected chi connectivity index (χ3v) is 4.51.